The topological polar surface area (TPSA) is 88.5 Å². The standard InChI is InChI=1S/C16H25N5O2/c1-10-11(2)22-14(21-10)9-20-15(17-6)19-8-13-18-7-12(23-13)16(3,4)5/h7H,8-9H2,1-6H3,(H2,17,19,20). The minimum atomic E-state index is -0.0498. The van der Waals surface area contributed by atoms with E-state index in [-0.39, 0.29) is 5.41 Å². The summed E-state index contributed by atoms with van der Waals surface area (Å²) >= 11 is 0. The lowest BCUT2D eigenvalue weighted by atomic mass is 9.94. The molecule has 0 spiro atoms. The van der Waals surface area contributed by atoms with Gasteiger partial charge in [0, 0.05) is 12.5 Å². The van der Waals surface area contributed by atoms with E-state index in [2.05, 4.69) is 46.4 Å². The predicted molar refractivity (Wildman–Crippen MR) is 88.2 cm³/mol. The van der Waals surface area contributed by atoms with Crippen molar-refractivity contribution < 1.29 is 8.83 Å². The molecule has 0 aliphatic heterocycles. The molecule has 7 heteroatoms. The van der Waals surface area contributed by atoms with Gasteiger partial charge in [-0.3, -0.25) is 4.99 Å². The monoisotopic (exact) mass is 319 g/mol. The second-order valence-electron chi connectivity index (χ2n) is 6.40. The third-order valence-electron chi connectivity index (χ3n) is 3.40. The number of rotatable bonds is 4. The zero-order valence-electron chi connectivity index (χ0n) is 14.6. The SMILES string of the molecule is CN=C(NCc1ncc(C(C)(C)C)o1)NCc1nc(C)c(C)o1. The average molecular weight is 319 g/mol. The molecule has 2 rings (SSSR count). The maximum absolute atomic E-state index is 5.74. The summed E-state index contributed by atoms with van der Waals surface area (Å²) in [5.41, 5.74) is 0.852. The zero-order chi connectivity index (χ0) is 17.0. The van der Waals surface area contributed by atoms with E-state index < -0.39 is 0 Å². The first-order valence-corrected chi connectivity index (χ1v) is 7.62. The van der Waals surface area contributed by atoms with Crippen molar-refractivity contribution in [3.8, 4) is 0 Å². The second kappa shape index (κ2) is 6.85. The minimum absolute atomic E-state index is 0.0498. The molecule has 23 heavy (non-hydrogen) atoms. The third-order valence-corrected chi connectivity index (χ3v) is 3.40. The van der Waals surface area contributed by atoms with Crippen molar-refractivity contribution in [3.63, 3.8) is 0 Å². The Labute approximate surface area is 136 Å². The Morgan fingerprint density at radius 1 is 1.13 bits per heavy atom. The van der Waals surface area contributed by atoms with Crippen LogP contribution in [-0.4, -0.2) is 23.0 Å². The van der Waals surface area contributed by atoms with E-state index in [9.17, 15) is 0 Å². The van der Waals surface area contributed by atoms with Crippen LogP contribution in [0.4, 0.5) is 0 Å². The van der Waals surface area contributed by atoms with Gasteiger partial charge in [-0.1, -0.05) is 20.8 Å². The molecule has 0 aliphatic carbocycles. The molecule has 0 saturated heterocycles. The summed E-state index contributed by atoms with van der Waals surface area (Å²) in [5, 5.41) is 6.30. The van der Waals surface area contributed by atoms with E-state index in [4.69, 9.17) is 8.83 Å². The van der Waals surface area contributed by atoms with E-state index in [1.807, 2.05) is 13.8 Å². The first-order valence-electron chi connectivity index (χ1n) is 7.62. The average Bonchev–Trinajstić information content (AvgIpc) is 3.06. The van der Waals surface area contributed by atoms with Gasteiger partial charge in [0.25, 0.3) is 0 Å². The van der Waals surface area contributed by atoms with Gasteiger partial charge in [0.1, 0.15) is 11.5 Å². The van der Waals surface area contributed by atoms with Gasteiger partial charge < -0.3 is 19.5 Å². The zero-order valence-corrected chi connectivity index (χ0v) is 14.6. The number of aliphatic imine (C=N–C) groups is 1. The van der Waals surface area contributed by atoms with Crippen molar-refractivity contribution in [1.29, 1.82) is 0 Å². The molecule has 0 bridgehead atoms. The fraction of sp³-hybridized carbons (Fsp3) is 0.562. The predicted octanol–water partition coefficient (Wildman–Crippen LogP) is 2.44. The number of hydrogen-bond acceptors (Lipinski definition) is 5. The first-order chi connectivity index (χ1) is 10.8. The number of nitrogens with one attached hydrogen (secondary N) is 2. The number of aryl methyl sites for hydroxylation is 2. The Balaban J connectivity index is 1.86. The van der Waals surface area contributed by atoms with Gasteiger partial charge in [0.05, 0.1) is 25.0 Å². The molecule has 0 fully saturated rings. The molecular formula is C16H25N5O2. The maximum atomic E-state index is 5.74. The molecule has 2 aromatic rings. The fourth-order valence-corrected chi connectivity index (χ4v) is 1.89. The lowest BCUT2D eigenvalue weighted by molar-refractivity contribution is 0.379. The first kappa shape index (κ1) is 17.1. The summed E-state index contributed by atoms with van der Waals surface area (Å²) < 4.78 is 11.3. The molecule has 2 aromatic heterocycles. The molecule has 0 amide bonds. The summed E-state index contributed by atoms with van der Waals surface area (Å²) in [4.78, 5) is 12.8. The van der Waals surface area contributed by atoms with Gasteiger partial charge in [-0.05, 0) is 13.8 Å². The van der Waals surface area contributed by atoms with Crippen molar-refractivity contribution in [2.45, 2.75) is 53.1 Å². The Kier molecular flexibility index (Phi) is 5.08. The van der Waals surface area contributed by atoms with Crippen LogP contribution >= 0.6 is 0 Å². The normalized spacial score (nSPS) is 12.5. The largest absolute Gasteiger partial charge is 0.444 e. The molecule has 0 aromatic carbocycles. The minimum Gasteiger partial charge on any atom is -0.444 e. The summed E-state index contributed by atoms with van der Waals surface area (Å²) in [6, 6.07) is 0. The summed E-state index contributed by atoms with van der Waals surface area (Å²) in [7, 11) is 1.71. The van der Waals surface area contributed by atoms with Gasteiger partial charge in [-0.2, -0.15) is 0 Å². The molecule has 7 nitrogen and oxygen atoms in total. The Morgan fingerprint density at radius 3 is 2.26 bits per heavy atom. The Bertz CT molecular complexity index is 659. The number of oxazole rings is 2. The lowest BCUT2D eigenvalue weighted by Crippen LogP contribution is -2.36. The van der Waals surface area contributed by atoms with Crippen LogP contribution in [0.15, 0.2) is 20.0 Å². The van der Waals surface area contributed by atoms with Crippen LogP contribution in [0.5, 0.6) is 0 Å². The van der Waals surface area contributed by atoms with Gasteiger partial charge in [-0.15, -0.1) is 0 Å². The van der Waals surface area contributed by atoms with Gasteiger partial charge >= 0.3 is 0 Å². The lowest BCUT2D eigenvalue weighted by Gasteiger charge is -2.13. The van der Waals surface area contributed by atoms with Crippen LogP contribution in [-0.2, 0) is 18.5 Å². The highest BCUT2D eigenvalue weighted by Gasteiger charge is 2.19. The molecule has 0 saturated carbocycles. The molecule has 2 heterocycles. The Morgan fingerprint density at radius 2 is 1.78 bits per heavy atom. The maximum Gasteiger partial charge on any atom is 0.214 e. The number of hydrogen-bond donors (Lipinski definition) is 2. The highest BCUT2D eigenvalue weighted by atomic mass is 16.4. The van der Waals surface area contributed by atoms with Crippen molar-refractivity contribution in [3.05, 3.63) is 35.2 Å². The summed E-state index contributed by atoms with van der Waals surface area (Å²) in [6.07, 6.45) is 1.77. The van der Waals surface area contributed by atoms with E-state index in [0.717, 1.165) is 17.2 Å². The second-order valence-corrected chi connectivity index (χ2v) is 6.40. The molecular weight excluding hydrogens is 294 g/mol. The molecule has 0 radical (unpaired) electrons. The number of guanidine groups is 1. The van der Waals surface area contributed by atoms with E-state index >= 15 is 0 Å². The molecule has 126 valence electrons. The van der Waals surface area contributed by atoms with Crippen molar-refractivity contribution >= 4 is 5.96 Å². The summed E-state index contributed by atoms with van der Waals surface area (Å²) in [5.74, 6) is 3.59. The fourth-order valence-electron chi connectivity index (χ4n) is 1.89. The van der Waals surface area contributed by atoms with Crippen LogP contribution < -0.4 is 10.6 Å². The van der Waals surface area contributed by atoms with Crippen LogP contribution in [0.25, 0.3) is 0 Å². The Hall–Kier alpha value is -2.31. The number of nitrogens with zero attached hydrogens (tertiary/aromatic N) is 3. The van der Waals surface area contributed by atoms with Gasteiger partial charge in [0.15, 0.2) is 5.96 Å². The van der Waals surface area contributed by atoms with Crippen molar-refractivity contribution in [2.24, 2.45) is 4.99 Å². The van der Waals surface area contributed by atoms with Gasteiger partial charge in [0.2, 0.25) is 11.8 Å². The molecule has 0 unspecified atom stereocenters. The van der Waals surface area contributed by atoms with Crippen LogP contribution in [0.1, 0.15) is 49.8 Å². The molecule has 2 N–H and O–H groups in total. The van der Waals surface area contributed by atoms with Crippen LogP contribution in [0.3, 0.4) is 0 Å². The third kappa shape index (κ3) is 4.58. The number of aromatic nitrogens is 2. The summed E-state index contributed by atoms with van der Waals surface area (Å²) in [6.45, 7) is 11.0. The van der Waals surface area contributed by atoms with Crippen LogP contribution in [0.2, 0.25) is 0 Å². The molecule has 0 aliphatic rings. The highest BCUT2D eigenvalue weighted by molar-refractivity contribution is 5.79. The smallest absolute Gasteiger partial charge is 0.214 e. The van der Waals surface area contributed by atoms with E-state index in [1.165, 1.54) is 0 Å². The van der Waals surface area contributed by atoms with E-state index in [1.54, 1.807) is 13.2 Å². The quantitative estimate of drug-likeness (QED) is 0.665. The van der Waals surface area contributed by atoms with Gasteiger partial charge in [-0.25, -0.2) is 9.97 Å². The van der Waals surface area contributed by atoms with Crippen molar-refractivity contribution in [2.75, 3.05) is 7.05 Å². The van der Waals surface area contributed by atoms with E-state index in [0.29, 0.717) is 30.8 Å². The molecule has 0 atom stereocenters. The highest BCUT2D eigenvalue weighted by Crippen LogP contribution is 2.22. The van der Waals surface area contributed by atoms with Crippen molar-refractivity contribution in [1.82, 2.24) is 20.6 Å². The van der Waals surface area contributed by atoms with Crippen LogP contribution in [0, 0.1) is 13.8 Å².